The Bertz CT molecular complexity index is 1320. The lowest BCUT2D eigenvalue weighted by Crippen LogP contribution is -2.21. The summed E-state index contributed by atoms with van der Waals surface area (Å²) in [5.74, 6) is -0.884. The fourth-order valence-electron chi connectivity index (χ4n) is 2.94. The van der Waals surface area contributed by atoms with Gasteiger partial charge < -0.3 is 10.1 Å². The third-order valence-corrected chi connectivity index (χ3v) is 6.89. The van der Waals surface area contributed by atoms with Crippen LogP contribution in [0.1, 0.15) is 24.2 Å². The van der Waals surface area contributed by atoms with Crippen molar-refractivity contribution < 1.29 is 35.5 Å². The minimum Gasteiger partial charge on any atom is -0.497 e. The highest BCUT2D eigenvalue weighted by molar-refractivity contribution is 7.91. The number of rotatable bonds is 8. The number of alkyl halides is 4. The first kappa shape index (κ1) is 25.8. The number of carbonyl (C=O) groups excluding carboxylic acids is 1. The van der Waals surface area contributed by atoms with Gasteiger partial charge in [-0.15, -0.1) is 0 Å². The largest absolute Gasteiger partial charge is 0.497 e. The summed E-state index contributed by atoms with van der Waals surface area (Å²) < 4.78 is 84.0. The Morgan fingerprint density at radius 2 is 1.71 bits per heavy atom. The van der Waals surface area contributed by atoms with Gasteiger partial charge in [-0.2, -0.15) is 5.10 Å². The van der Waals surface area contributed by atoms with Crippen LogP contribution < -0.4 is 10.1 Å². The normalized spacial score (nSPS) is 11.8. The van der Waals surface area contributed by atoms with E-state index in [1.807, 2.05) is 0 Å². The lowest BCUT2D eigenvalue weighted by Gasteiger charge is -2.12. The maximum atomic E-state index is 13.3. The van der Waals surface area contributed by atoms with Crippen LogP contribution in [0.25, 0.3) is 0 Å². The van der Waals surface area contributed by atoms with Crippen LogP contribution in [-0.4, -0.2) is 31.2 Å². The summed E-state index contributed by atoms with van der Waals surface area (Å²) in [6.45, 7) is -0.886. The Kier molecular flexibility index (Phi) is 7.74. The Morgan fingerprint density at radius 3 is 2.26 bits per heavy atom. The molecule has 2 aromatic carbocycles. The molecule has 14 heteroatoms. The van der Waals surface area contributed by atoms with E-state index in [1.54, 1.807) is 0 Å². The first-order valence-electron chi connectivity index (χ1n) is 9.26. The average molecular weight is 540 g/mol. The molecule has 0 fully saturated rings. The van der Waals surface area contributed by atoms with Crippen molar-refractivity contribution in [1.29, 1.82) is 0 Å². The number of ether oxygens (including phenoxy) is 1. The van der Waals surface area contributed by atoms with Gasteiger partial charge in [-0.3, -0.25) is 9.48 Å². The van der Waals surface area contributed by atoms with Crippen molar-refractivity contribution in [1.82, 2.24) is 9.78 Å². The van der Waals surface area contributed by atoms with Crippen LogP contribution in [0.3, 0.4) is 0 Å². The number of methoxy groups -OCH3 is 1. The van der Waals surface area contributed by atoms with Gasteiger partial charge in [0.05, 0.1) is 21.9 Å². The third kappa shape index (κ3) is 5.45. The first-order valence-corrected chi connectivity index (χ1v) is 11.5. The summed E-state index contributed by atoms with van der Waals surface area (Å²) in [5, 5.41) is 5.03. The zero-order valence-corrected chi connectivity index (χ0v) is 19.4. The average Bonchev–Trinajstić information content (AvgIpc) is 3.09. The lowest BCUT2D eigenvalue weighted by molar-refractivity contribution is -0.117. The highest BCUT2D eigenvalue weighted by atomic mass is 35.5. The molecule has 0 aliphatic rings. The molecule has 0 atom stereocenters. The SMILES string of the molecule is COc1cc(NC(=O)Cn2nc(C(F)F)c(Cl)c2C(F)F)cc(S(=O)(=O)c2ccc(Cl)cc2)c1. The smallest absolute Gasteiger partial charge is 0.283 e. The van der Waals surface area contributed by atoms with Gasteiger partial charge >= 0.3 is 0 Å². The number of hydrogen-bond donors (Lipinski definition) is 1. The number of sulfone groups is 1. The minimum absolute atomic E-state index is 0.0529. The summed E-state index contributed by atoms with van der Waals surface area (Å²) in [6.07, 6.45) is -6.50. The monoisotopic (exact) mass is 539 g/mol. The van der Waals surface area contributed by atoms with Crippen molar-refractivity contribution in [2.75, 3.05) is 12.4 Å². The van der Waals surface area contributed by atoms with Crippen LogP contribution in [0.5, 0.6) is 5.75 Å². The zero-order chi connectivity index (χ0) is 25.2. The molecule has 34 heavy (non-hydrogen) atoms. The molecular formula is C20H15Cl2F4N3O4S. The molecule has 7 nitrogen and oxygen atoms in total. The zero-order valence-electron chi connectivity index (χ0n) is 17.1. The van der Waals surface area contributed by atoms with E-state index in [9.17, 15) is 30.8 Å². The third-order valence-electron chi connectivity index (χ3n) is 4.50. The van der Waals surface area contributed by atoms with Gasteiger partial charge in [-0.25, -0.2) is 26.0 Å². The van der Waals surface area contributed by atoms with E-state index in [4.69, 9.17) is 27.9 Å². The van der Waals surface area contributed by atoms with E-state index in [0.717, 1.165) is 6.07 Å². The van der Waals surface area contributed by atoms with Crippen molar-refractivity contribution in [3.63, 3.8) is 0 Å². The molecule has 3 rings (SSSR count). The van der Waals surface area contributed by atoms with E-state index < -0.39 is 51.6 Å². The molecule has 0 aliphatic carbocycles. The highest BCUT2D eigenvalue weighted by Crippen LogP contribution is 2.35. The minimum atomic E-state index is -4.04. The molecule has 0 saturated heterocycles. The molecule has 1 heterocycles. The van der Waals surface area contributed by atoms with Crippen molar-refractivity contribution >= 4 is 44.6 Å². The molecule has 1 N–H and O–H groups in total. The summed E-state index contributed by atoms with van der Waals surface area (Å²) in [4.78, 5) is 12.2. The van der Waals surface area contributed by atoms with Crippen molar-refractivity contribution in [3.05, 3.63) is 63.9 Å². The standard InChI is InChI=1S/C20H15Cl2F4N3O4S/c1-33-12-6-11(7-14(8-12)34(31,32)13-4-2-10(21)3-5-13)27-15(30)9-29-18(20(25)26)16(22)17(28-29)19(23)24/h2-8,19-20H,9H2,1H3,(H,27,30). The Labute approximate surface area is 201 Å². The van der Waals surface area contributed by atoms with E-state index in [2.05, 4.69) is 10.4 Å². The molecule has 0 saturated carbocycles. The lowest BCUT2D eigenvalue weighted by atomic mass is 10.3. The number of hydrogen-bond acceptors (Lipinski definition) is 5. The van der Waals surface area contributed by atoms with E-state index in [0.29, 0.717) is 9.70 Å². The van der Waals surface area contributed by atoms with Crippen molar-refractivity contribution in [3.8, 4) is 5.75 Å². The second-order valence-electron chi connectivity index (χ2n) is 6.75. The summed E-state index contributed by atoms with van der Waals surface area (Å²) in [7, 11) is -2.77. The van der Waals surface area contributed by atoms with Crippen molar-refractivity contribution in [2.45, 2.75) is 29.2 Å². The van der Waals surface area contributed by atoms with Crippen LogP contribution >= 0.6 is 23.2 Å². The van der Waals surface area contributed by atoms with Crippen LogP contribution in [0.15, 0.2) is 52.3 Å². The van der Waals surface area contributed by atoms with E-state index in [-0.39, 0.29) is 21.2 Å². The number of benzene rings is 2. The number of anilines is 1. The number of halogens is 6. The maximum Gasteiger partial charge on any atom is 0.283 e. The second kappa shape index (κ2) is 10.2. The van der Waals surface area contributed by atoms with Crippen LogP contribution in [-0.2, 0) is 21.2 Å². The number of nitrogens with one attached hydrogen (secondary N) is 1. The van der Waals surface area contributed by atoms with Crippen molar-refractivity contribution in [2.24, 2.45) is 0 Å². The molecule has 3 aromatic rings. The summed E-state index contributed by atoms with van der Waals surface area (Å²) >= 11 is 11.4. The Balaban J connectivity index is 1.91. The van der Waals surface area contributed by atoms with Gasteiger partial charge in [0.15, 0.2) is 0 Å². The fraction of sp³-hybridized carbons (Fsp3) is 0.200. The Hall–Kier alpha value is -2.83. The van der Waals surface area contributed by atoms with E-state index >= 15 is 0 Å². The van der Waals surface area contributed by atoms with Gasteiger partial charge in [-0.1, -0.05) is 23.2 Å². The van der Waals surface area contributed by atoms with Crippen LogP contribution in [0.2, 0.25) is 10.0 Å². The van der Waals surface area contributed by atoms with Crippen LogP contribution in [0, 0.1) is 0 Å². The van der Waals surface area contributed by atoms with Gasteiger partial charge in [0, 0.05) is 16.8 Å². The number of nitrogens with zero attached hydrogens (tertiary/aromatic N) is 2. The van der Waals surface area contributed by atoms with Gasteiger partial charge in [-0.05, 0) is 36.4 Å². The summed E-state index contributed by atoms with van der Waals surface area (Å²) in [5.41, 5.74) is -2.17. The number of aromatic nitrogens is 2. The molecule has 182 valence electrons. The molecule has 0 spiro atoms. The summed E-state index contributed by atoms with van der Waals surface area (Å²) in [6, 6.07) is 9.00. The fourth-order valence-corrected chi connectivity index (χ4v) is 4.69. The first-order chi connectivity index (χ1) is 15.9. The predicted octanol–water partition coefficient (Wildman–Crippen LogP) is 5.55. The Morgan fingerprint density at radius 1 is 1.06 bits per heavy atom. The number of amides is 1. The maximum absolute atomic E-state index is 13.3. The quantitative estimate of drug-likeness (QED) is 0.379. The van der Waals surface area contributed by atoms with E-state index in [1.165, 1.54) is 43.5 Å². The second-order valence-corrected chi connectivity index (χ2v) is 9.51. The van der Waals surface area contributed by atoms with Crippen LogP contribution in [0.4, 0.5) is 23.2 Å². The highest BCUT2D eigenvalue weighted by Gasteiger charge is 2.29. The molecule has 1 amide bonds. The molecule has 0 unspecified atom stereocenters. The van der Waals surface area contributed by atoms with Gasteiger partial charge in [0.1, 0.15) is 23.7 Å². The molecule has 0 bridgehead atoms. The molecule has 0 radical (unpaired) electrons. The van der Waals surface area contributed by atoms with Gasteiger partial charge in [0.2, 0.25) is 15.7 Å². The number of carbonyl (C=O) groups is 1. The molecular weight excluding hydrogens is 525 g/mol. The molecule has 1 aromatic heterocycles. The predicted molar refractivity (Wildman–Crippen MR) is 116 cm³/mol. The van der Waals surface area contributed by atoms with Gasteiger partial charge in [0.25, 0.3) is 12.9 Å². The topological polar surface area (TPSA) is 90.3 Å². The molecule has 0 aliphatic heterocycles.